The first-order chi connectivity index (χ1) is 8.29. The molecule has 1 aliphatic rings. The van der Waals surface area contributed by atoms with Crippen molar-refractivity contribution >= 4 is 16.2 Å². The van der Waals surface area contributed by atoms with Crippen molar-refractivity contribution in [3.05, 3.63) is 41.2 Å². The smallest absolute Gasteiger partial charge is 0.402 e. The summed E-state index contributed by atoms with van der Waals surface area (Å²) in [7, 11) is -5.45. The largest absolute Gasteiger partial charge is 0.490 e. The Morgan fingerprint density at radius 2 is 2.00 bits per heavy atom. The summed E-state index contributed by atoms with van der Waals surface area (Å²) in [5, 5.41) is -4.30. The summed E-state index contributed by atoms with van der Waals surface area (Å²) in [6.07, 6.45) is 1.90. The highest BCUT2D eigenvalue weighted by molar-refractivity contribution is 7.86. The van der Waals surface area contributed by atoms with Crippen molar-refractivity contribution in [1.82, 2.24) is 0 Å². The van der Waals surface area contributed by atoms with Crippen molar-refractivity contribution in [2.45, 2.75) is 11.7 Å². The normalized spacial score (nSPS) is 15.2. The molecule has 0 unspecified atom stereocenters. The molecule has 1 aromatic carbocycles. The highest BCUT2D eigenvalue weighted by Crippen LogP contribution is 2.28. The van der Waals surface area contributed by atoms with Crippen LogP contribution in [0, 0.1) is 0 Å². The number of benzene rings is 1. The lowest BCUT2D eigenvalue weighted by molar-refractivity contribution is 0.00339. The first-order valence-electron chi connectivity index (χ1n) is 5.06. The summed E-state index contributed by atoms with van der Waals surface area (Å²) in [4.78, 5) is 0. The highest BCUT2D eigenvalue weighted by Gasteiger charge is 2.45. The number of allylic oxidation sites excluding steroid dienone is 1. The monoisotopic (exact) mass is 276 g/mol. The number of rotatable bonds is 4. The molecule has 1 N–H and O–H groups in total. The first-order valence-corrected chi connectivity index (χ1v) is 6.50. The number of ether oxygens (including phenoxy) is 1. The molecule has 0 fully saturated rings. The zero-order valence-electron chi connectivity index (χ0n) is 9.14. The summed E-state index contributed by atoms with van der Waals surface area (Å²) in [5.74, 6) is 0.250. The summed E-state index contributed by atoms with van der Waals surface area (Å²) in [6, 6.07) is 7.23. The third-order valence-electron chi connectivity index (χ3n) is 2.54. The van der Waals surface area contributed by atoms with Crippen LogP contribution in [0.5, 0.6) is 0 Å². The van der Waals surface area contributed by atoms with Gasteiger partial charge in [-0.2, -0.15) is 17.2 Å². The number of halogens is 2. The van der Waals surface area contributed by atoms with Crippen LogP contribution in [-0.4, -0.2) is 24.8 Å². The highest BCUT2D eigenvalue weighted by atomic mass is 32.2. The molecule has 2 rings (SSSR count). The molecule has 0 aliphatic heterocycles. The molecule has 0 saturated carbocycles. The van der Waals surface area contributed by atoms with E-state index >= 15 is 0 Å². The molecule has 0 bridgehead atoms. The van der Waals surface area contributed by atoms with E-state index in [2.05, 4.69) is 0 Å². The van der Waals surface area contributed by atoms with Crippen LogP contribution in [0.2, 0.25) is 0 Å². The fourth-order valence-electron chi connectivity index (χ4n) is 1.59. The van der Waals surface area contributed by atoms with E-state index in [1.54, 1.807) is 18.2 Å². The van der Waals surface area contributed by atoms with Gasteiger partial charge in [-0.15, -0.1) is 0 Å². The topological polar surface area (TPSA) is 63.6 Å². The fraction of sp³-hybridized carbons (Fsp3) is 0.273. The Morgan fingerprint density at radius 3 is 2.61 bits per heavy atom. The molecule has 18 heavy (non-hydrogen) atoms. The summed E-state index contributed by atoms with van der Waals surface area (Å²) >= 11 is 0. The van der Waals surface area contributed by atoms with E-state index in [0.717, 1.165) is 11.1 Å². The lowest BCUT2D eigenvalue weighted by Gasteiger charge is -2.14. The van der Waals surface area contributed by atoms with Gasteiger partial charge in [0.25, 0.3) is 0 Å². The summed E-state index contributed by atoms with van der Waals surface area (Å²) < 4.78 is 59.7. The van der Waals surface area contributed by atoms with Crippen molar-refractivity contribution in [1.29, 1.82) is 0 Å². The third kappa shape index (κ3) is 2.51. The SMILES string of the molecule is O=S(=O)(O)C(F)(F)COC1=Cc2ccccc2C1. The van der Waals surface area contributed by atoms with Crippen molar-refractivity contribution in [2.24, 2.45) is 0 Å². The minimum Gasteiger partial charge on any atom is -0.490 e. The van der Waals surface area contributed by atoms with Crippen LogP contribution in [0.15, 0.2) is 30.0 Å². The predicted molar refractivity (Wildman–Crippen MR) is 60.6 cm³/mol. The molecule has 1 aliphatic carbocycles. The molecule has 98 valence electrons. The van der Waals surface area contributed by atoms with E-state index in [9.17, 15) is 17.2 Å². The maximum absolute atomic E-state index is 12.9. The minimum atomic E-state index is -5.45. The second-order valence-corrected chi connectivity index (χ2v) is 5.43. The number of alkyl halides is 2. The quantitative estimate of drug-likeness (QED) is 0.855. The standard InChI is InChI=1S/C11H10F2O4S/c12-11(13,18(14,15)16)7-17-10-5-8-3-1-2-4-9(8)6-10/h1-5H,6-7H2,(H,14,15,16). The second kappa shape index (κ2) is 4.33. The molecule has 0 amide bonds. The van der Waals surface area contributed by atoms with Gasteiger partial charge in [-0.05, 0) is 17.2 Å². The van der Waals surface area contributed by atoms with E-state index in [1.165, 1.54) is 0 Å². The lowest BCUT2D eigenvalue weighted by atomic mass is 10.1. The maximum atomic E-state index is 12.9. The molecule has 7 heteroatoms. The van der Waals surface area contributed by atoms with E-state index in [0.29, 0.717) is 6.42 Å². The fourth-order valence-corrected chi connectivity index (χ4v) is 1.80. The van der Waals surface area contributed by atoms with E-state index in [-0.39, 0.29) is 5.76 Å². The molecular formula is C11H10F2O4S. The molecule has 4 nitrogen and oxygen atoms in total. The van der Waals surface area contributed by atoms with Crippen LogP contribution in [-0.2, 0) is 21.3 Å². The van der Waals surface area contributed by atoms with Crippen molar-refractivity contribution in [3.63, 3.8) is 0 Å². The number of fused-ring (bicyclic) bond motifs is 1. The van der Waals surface area contributed by atoms with E-state index in [1.807, 2.05) is 12.1 Å². The van der Waals surface area contributed by atoms with Crippen LogP contribution in [0.1, 0.15) is 11.1 Å². The van der Waals surface area contributed by atoms with Crippen molar-refractivity contribution in [3.8, 4) is 0 Å². The first kappa shape index (κ1) is 13.0. The average Bonchev–Trinajstić information content (AvgIpc) is 2.67. The Bertz CT molecular complexity index is 593. The van der Waals surface area contributed by atoms with Gasteiger partial charge in [0.1, 0.15) is 5.76 Å². The molecule has 0 spiro atoms. The molecule has 0 aromatic heterocycles. The van der Waals surface area contributed by atoms with Crippen molar-refractivity contribution < 1.29 is 26.5 Å². The maximum Gasteiger partial charge on any atom is 0.402 e. The molecule has 0 heterocycles. The van der Waals surface area contributed by atoms with Crippen LogP contribution >= 0.6 is 0 Å². The van der Waals surface area contributed by atoms with Gasteiger partial charge in [0, 0.05) is 6.42 Å². The van der Waals surface area contributed by atoms with Crippen LogP contribution in [0.3, 0.4) is 0 Å². The Balaban J connectivity index is 2.03. The van der Waals surface area contributed by atoms with Gasteiger partial charge < -0.3 is 4.74 Å². The molecule has 0 atom stereocenters. The Labute approximate surface area is 103 Å². The Hall–Kier alpha value is -1.47. The van der Waals surface area contributed by atoms with Gasteiger partial charge in [0.2, 0.25) is 0 Å². The van der Waals surface area contributed by atoms with E-state index in [4.69, 9.17) is 9.29 Å². The minimum absolute atomic E-state index is 0.250. The van der Waals surface area contributed by atoms with Crippen LogP contribution in [0.25, 0.3) is 6.08 Å². The van der Waals surface area contributed by atoms with Crippen LogP contribution < -0.4 is 0 Å². The zero-order chi connectivity index (χ0) is 13.4. The number of hydrogen-bond donors (Lipinski definition) is 1. The van der Waals surface area contributed by atoms with Gasteiger partial charge in [0.05, 0.1) is 0 Å². The second-order valence-electron chi connectivity index (χ2n) is 3.89. The van der Waals surface area contributed by atoms with E-state index < -0.39 is 22.0 Å². The Morgan fingerprint density at radius 1 is 1.33 bits per heavy atom. The summed E-state index contributed by atoms with van der Waals surface area (Å²) in [6.45, 7) is -1.40. The van der Waals surface area contributed by atoms with Gasteiger partial charge >= 0.3 is 15.4 Å². The summed E-state index contributed by atoms with van der Waals surface area (Å²) in [5.41, 5.74) is 1.77. The van der Waals surface area contributed by atoms with Gasteiger partial charge in [-0.1, -0.05) is 24.3 Å². The van der Waals surface area contributed by atoms with Gasteiger partial charge in [-0.25, -0.2) is 0 Å². The Kier molecular flexibility index (Phi) is 3.12. The average molecular weight is 276 g/mol. The molecular weight excluding hydrogens is 266 g/mol. The molecule has 1 aromatic rings. The zero-order valence-corrected chi connectivity index (χ0v) is 9.95. The predicted octanol–water partition coefficient (Wildman–Crippen LogP) is 2.08. The van der Waals surface area contributed by atoms with Gasteiger partial charge in [-0.3, -0.25) is 4.55 Å². The van der Waals surface area contributed by atoms with Gasteiger partial charge in [0.15, 0.2) is 6.61 Å². The van der Waals surface area contributed by atoms with Crippen molar-refractivity contribution in [2.75, 3.05) is 6.61 Å². The lowest BCUT2D eigenvalue weighted by Crippen LogP contribution is -2.33. The molecule has 0 saturated heterocycles. The third-order valence-corrected chi connectivity index (χ3v) is 3.41. The van der Waals surface area contributed by atoms with Crippen LogP contribution in [0.4, 0.5) is 8.78 Å². The molecule has 0 radical (unpaired) electrons. The number of hydrogen-bond acceptors (Lipinski definition) is 3.